The summed E-state index contributed by atoms with van der Waals surface area (Å²) in [6.45, 7) is 2.69. The third-order valence-electron chi connectivity index (χ3n) is 2.85. The van der Waals surface area contributed by atoms with Gasteiger partial charge in [-0.2, -0.15) is 0 Å². The monoisotopic (exact) mass is 295 g/mol. The largest absolute Gasteiger partial charge is 0.457 e. The quantitative estimate of drug-likeness (QED) is 0.895. The van der Waals surface area contributed by atoms with E-state index in [1.807, 2.05) is 25.1 Å². The molecule has 19 heavy (non-hydrogen) atoms. The first-order valence-electron chi connectivity index (χ1n) is 6.02. The minimum Gasteiger partial charge on any atom is -0.457 e. The molecule has 100 valence electrons. The topological polar surface area (TPSA) is 35.2 Å². The molecule has 2 rings (SSSR count). The molecule has 0 saturated heterocycles. The van der Waals surface area contributed by atoms with Gasteiger partial charge in [0.05, 0.1) is 10.0 Å². The van der Waals surface area contributed by atoms with Crippen molar-refractivity contribution in [1.82, 2.24) is 0 Å². The maximum atomic E-state index is 5.95. The van der Waals surface area contributed by atoms with Crippen LogP contribution in [0.2, 0.25) is 10.0 Å². The SMILES string of the molecule is Cc1cc(Oc2ccc(Cl)c(Cl)c2)ccc1CCN. The lowest BCUT2D eigenvalue weighted by Gasteiger charge is -2.10. The molecule has 0 aromatic heterocycles. The highest BCUT2D eigenvalue weighted by atomic mass is 35.5. The van der Waals surface area contributed by atoms with Gasteiger partial charge in [-0.25, -0.2) is 0 Å². The molecule has 0 aliphatic heterocycles. The summed E-state index contributed by atoms with van der Waals surface area (Å²) in [6.07, 6.45) is 0.874. The van der Waals surface area contributed by atoms with Gasteiger partial charge in [-0.05, 0) is 55.3 Å². The first-order valence-corrected chi connectivity index (χ1v) is 6.78. The van der Waals surface area contributed by atoms with Crippen LogP contribution in [-0.2, 0) is 6.42 Å². The molecule has 2 aromatic carbocycles. The lowest BCUT2D eigenvalue weighted by molar-refractivity contribution is 0.482. The molecule has 0 heterocycles. The molecule has 0 unspecified atom stereocenters. The lowest BCUT2D eigenvalue weighted by Crippen LogP contribution is -2.04. The molecule has 0 radical (unpaired) electrons. The van der Waals surface area contributed by atoms with Crippen LogP contribution in [0, 0.1) is 6.92 Å². The van der Waals surface area contributed by atoms with E-state index >= 15 is 0 Å². The van der Waals surface area contributed by atoms with Crippen molar-refractivity contribution in [3.05, 3.63) is 57.6 Å². The van der Waals surface area contributed by atoms with Crippen molar-refractivity contribution < 1.29 is 4.74 Å². The standard InChI is InChI=1S/C15H15Cl2NO/c1-10-8-12(3-2-11(10)6-7-18)19-13-4-5-14(16)15(17)9-13/h2-5,8-9H,6-7,18H2,1H3. The van der Waals surface area contributed by atoms with E-state index in [4.69, 9.17) is 33.7 Å². The maximum absolute atomic E-state index is 5.95. The fraction of sp³-hybridized carbons (Fsp3) is 0.200. The van der Waals surface area contributed by atoms with Gasteiger partial charge in [-0.3, -0.25) is 0 Å². The summed E-state index contributed by atoms with van der Waals surface area (Å²) in [6, 6.07) is 11.2. The van der Waals surface area contributed by atoms with Crippen LogP contribution in [0.4, 0.5) is 0 Å². The summed E-state index contributed by atoms with van der Waals surface area (Å²) in [4.78, 5) is 0. The Morgan fingerprint density at radius 1 is 1.00 bits per heavy atom. The number of halogens is 2. The molecule has 0 atom stereocenters. The molecule has 0 saturated carbocycles. The van der Waals surface area contributed by atoms with E-state index in [0.29, 0.717) is 22.3 Å². The number of nitrogens with two attached hydrogens (primary N) is 1. The fourth-order valence-electron chi connectivity index (χ4n) is 1.84. The Bertz CT molecular complexity index is 584. The van der Waals surface area contributed by atoms with E-state index < -0.39 is 0 Å². The summed E-state index contributed by atoms with van der Waals surface area (Å²) < 4.78 is 5.75. The predicted octanol–water partition coefficient (Wildman–Crippen LogP) is 4.60. The minimum absolute atomic E-state index is 0.482. The summed E-state index contributed by atoms with van der Waals surface area (Å²) in [5.41, 5.74) is 7.97. The number of hydrogen-bond acceptors (Lipinski definition) is 2. The van der Waals surface area contributed by atoms with Crippen LogP contribution in [0.3, 0.4) is 0 Å². The Hall–Kier alpha value is -1.22. The molecule has 2 aromatic rings. The maximum Gasteiger partial charge on any atom is 0.129 e. The minimum atomic E-state index is 0.482. The normalized spacial score (nSPS) is 10.5. The second-order valence-corrected chi connectivity index (χ2v) is 5.12. The smallest absolute Gasteiger partial charge is 0.129 e. The summed E-state index contributed by atoms with van der Waals surface area (Å²) in [7, 11) is 0. The van der Waals surface area contributed by atoms with Crippen LogP contribution < -0.4 is 10.5 Å². The molecule has 0 fully saturated rings. The van der Waals surface area contributed by atoms with Crippen molar-refractivity contribution in [2.45, 2.75) is 13.3 Å². The molecule has 0 aliphatic carbocycles. The van der Waals surface area contributed by atoms with E-state index in [9.17, 15) is 0 Å². The van der Waals surface area contributed by atoms with E-state index in [-0.39, 0.29) is 0 Å². The van der Waals surface area contributed by atoms with Gasteiger partial charge in [0.25, 0.3) is 0 Å². The van der Waals surface area contributed by atoms with Gasteiger partial charge in [0, 0.05) is 6.07 Å². The van der Waals surface area contributed by atoms with Crippen LogP contribution in [0.15, 0.2) is 36.4 Å². The molecule has 2 nitrogen and oxygen atoms in total. The molecule has 0 amide bonds. The summed E-state index contributed by atoms with van der Waals surface area (Å²) in [5.74, 6) is 1.44. The van der Waals surface area contributed by atoms with E-state index in [2.05, 4.69) is 0 Å². The van der Waals surface area contributed by atoms with Gasteiger partial charge in [0.2, 0.25) is 0 Å². The predicted molar refractivity (Wildman–Crippen MR) is 80.5 cm³/mol. The summed E-state index contributed by atoms with van der Waals surface area (Å²) >= 11 is 11.8. The van der Waals surface area contributed by atoms with Crippen LogP contribution in [0.5, 0.6) is 11.5 Å². The zero-order valence-corrected chi connectivity index (χ0v) is 12.1. The first kappa shape index (κ1) is 14.2. The number of benzene rings is 2. The van der Waals surface area contributed by atoms with E-state index in [0.717, 1.165) is 12.2 Å². The van der Waals surface area contributed by atoms with Gasteiger partial charge >= 0.3 is 0 Å². The highest BCUT2D eigenvalue weighted by Crippen LogP contribution is 2.30. The Morgan fingerprint density at radius 3 is 2.32 bits per heavy atom. The third-order valence-corrected chi connectivity index (χ3v) is 3.59. The number of hydrogen-bond donors (Lipinski definition) is 1. The van der Waals surface area contributed by atoms with Gasteiger partial charge in [0.1, 0.15) is 11.5 Å². The van der Waals surface area contributed by atoms with Gasteiger partial charge in [0.15, 0.2) is 0 Å². The van der Waals surface area contributed by atoms with Crippen LogP contribution in [-0.4, -0.2) is 6.54 Å². The summed E-state index contributed by atoms with van der Waals surface area (Å²) in [5, 5.41) is 0.999. The Morgan fingerprint density at radius 2 is 1.68 bits per heavy atom. The molecular weight excluding hydrogens is 281 g/mol. The highest BCUT2D eigenvalue weighted by Gasteiger charge is 2.04. The van der Waals surface area contributed by atoms with Crippen molar-refractivity contribution in [2.75, 3.05) is 6.54 Å². The molecule has 4 heteroatoms. The van der Waals surface area contributed by atoms with Crippen LogP contribution in [0.25, 0.3) is 0 Å². The average molecular weight is 296 g/mol. The number of rotatable bonds is 4. The van der Waals surface area contributed by atoms with E-state index in [1.54, 1.807) is 18.2 Å². The number of aryl methyl sites for hydroxylation is 1. The third kappa shape index (κ3) is 3.63. The van der Waals surface area contributed by atoms with Gasteiger partial charge in [-0.1, -0.05) is 29.3 Å². The zero-order valence-electron chi connectivity index (χ0n) is 10.6. The van der Waals surface area contributed by atoms with Crippen molar-refractivity contribution in [1.29, 1.82) is 0 Å². The van der Waals surface area contributed by atoms with Crippen molar-refractivity contribution in [2.24, 2.45) is 5.73 Å². The highest BCUT2D eigenvalue weighted by molar-refractivity contribution is 6.42. The molecule has 0 bridgehead atoms. The zero-order chi connectivity index (χ0) is 13.8. The van der Waals surface area contributed by atoms with Crippen LogP contribution >= 0.6 is 23.2 Å². The molecule has 0 aliphatic rings. The fourth-order valence-corrected chi connectivity index (χ4v) is 2.13. The Balaban J connectivity index is 2.19. The molecular formula is C15H15Cl2NO. The molecule has 2 N–H and O–H groups in total. The van der Waals surface area contributed by atoms with Gasteiger partial charge in [-0.15, -0.1) is 0 Å². The van der Waals surface area contributed by atoms with Crippen molar-refractivity contribution >= 4 is 23.2 Å². The Kier molecular flexibility index (Phi) is 4.70. The first-order chi connectivity index (χ1) is 9.10. The lowest BCUT2D eigenvalue weighted by atomic mass is 10.1. The average Bonchev–Trinajstić information content (AvgIpc) is 2.37. The second kappa shape index (κ2) is 6.29. The Labute approximate surface area is 123 Å². The van der Waals surface area contributed by atoms with E-state index in [1.165, 1.54) is 11.1 Å². The van der Waals surface area contributed by atoms with Crippen molar-refractivity contribution in [3.63, 3.8) is 0 Å². The second-order valence-electron chi connectivity index (χ2n) is 4.30. The van der Waals surface area contributed by atoms with Gasteiger partial charge < -0.3 is 10.5 Å². The number of ether oxygens (including phenoxy) is 1. The molecule has 0 spiro atoms. The van der Waals surface area contributed by atoms with Crippen LogP contribution in [0.1, 0.15) is 11.1 Å². The van der Waals surface area contributed by atoms with Crippen molar-refractivity contribution in [3.8, 4) is 11.5 Å².